The number of aromatic nitrogens is 4. The minimum Gasteiger partial charge on any atom is -0.274 e. The van der Waals surface area contributed by atoms with Crippen LogP contribution in [0.25, 0.3) is 11.0 Å². The van der Waals surface area contributed by atoms with Gasteiger partial charge in [0.2, 0.25) is 5.28 Å². The fourth-order valence-corrected chi connectivity index (χ4v) is 1.05. The van der Waals surface area contributed by atoms with E-state index in [-0.39, 0.29) is 5.28 Å². The van der Waals surface area contributed by atoms with E-state index in [1.54, 1.807) is 6.20 Å². The Morgan fingerprint density at radius 3 is 3.18 bits per heavy atom. The standard InChI is InChI=1S/C6H5ClN4/c1-3-5-4(11-10-3)2-8-6(7)9-5/h2H,1H3,(H,10,11). The molecule has 0 spiro atoms. The first-order valence-electron chi connectivity index (χ1n) is 3.10. The average Bonchev–Trinajstić information content (AvgIpc) is 2.33. The van der Waals surface area contributed by atoms with E-state index in [1.165, 1.54) is 0 Å². The first-order valence-corrected chi connectivity index (χ1v) is 3.48. The number of hydrogen-bond acceptors (Lipinski definition) is 3. The summed E-state index contributed by atoms with van der Waals surface area (Å²) in [6.45, 7) is 1.86. The Kier molecular flexibility index (Phi) is 1.29. The van der Waals surface area contributed by atoms with Crippen LogP contribution in [0.4, 0.5) is 0 Å². The van der Waals surface area contributed by atoms with Crippen LogP contribution in [0.2, 0.25) is 5.28 Å². The third-order valence-electron chi connectivity index (χ3n) is 1.45. The lowest BCUT2D eigenvalue weighted by Gasteiger charge is -1.87. The third kappa shape index (κ3) is 0.952. The van der Waals surface area contributed by atoms with Crippen molar-refractivity contribution in [3.63, 3.8) is 0 Å². The molecule has 0 saturated heterocycles. The summed E-state index contributed by atoms with van der Waals surface area (Å²) >= 11 is 5.58. The second kappa shape index (κ2) is 2.17. The number of halogens is 1. The number of fused-ring (bicyclic) bond motifs is 1. The van der Waals surface area contributed by atoms with Crippen molar-refractivity contribution in [2.75, 3.05) is 0 Å². The van der Waals surface area contributed by atoms with Gasteiger partial charge in [0.25, 0.3) is 0 Å². The first kappa shape index (κ1) is 6.54. The van der Waals surface area contributed by atoms with Gasteiger partial charge >= 0.3 is 0 Å². The zero-order valence-electron chi connectivity index (χ0n) is 5.80. The van der Waals surface area contributed by atoms with Crippen molar-refractivity contribution in [3.05, 3.63) is 17.2 Å². The molecule has 0 amide bonds. The maximum atomic E-state index is 5.58. The molecule has 0 aliphatic carbocycles. The first-order chi connectivity index (χ1) is 5.27. The van der Waals surface area contributed by atoms with Crippen LogP contribution in [0.15, 0.2) is 6.20 Å². The molecule has 56 valence electrons. The van der Waals surface area contributed by atoms with Crippen molar-refractivity contribution >= 4 is 22.6 Å². The lowest BCUT2D eigenvalue weighted by molar-refractivity contribution is 1.07. The summed E-state index contributed by atoms with van der Waals surface area (Å²) in [7, 11) is 0. The van der Waals surface area contributed by atoms with Gasteiger partial charge in [-0.1, -0.05) is 0 Å². The topological polar surface area (TPSA) is 54.5 Å². The Morgan fingerprint density at radius 1 is 1.55 bits per heavy atom. The quantitative estimate of drug-likeness (QED) is 0.604. The number of H-pyrrole nitrogens is 1. The predicted molar refractivity (Wildman–Crippen MR) is 41.4 cm³/mol. The van der Waals surface area contributed by atoms with Gasteiger partial charge in [0.05, 0.1) is 11.9 Å². The highest BCUT2D eigenvalue weighted by Gasteiger charge is 2.02. The molecule has 0 unspecified atom stereocenters. The largest absolute Gasteiger partial charge is 0.274 e. The van der Waals surface area contributed by atoms with Gasteiger partial charge in [0, 0.05) is 0 Å². The Bertz CT molecular complexity index is 394. The minimum atomic E-state index is 0.252. The summed E-state index contributed by atoms with van der Waals surface area (Å²) in [4.78, 5) is 7.80. The molecule has 1 N–H and O–H groups in total. The molecule has 0 saturated carbocycles. The van der Waals surface area contributed by atoms with Crippen molar-refractivity contribution in [1.82, 2.24) is 20.2 Å². The van der Waals surface area contributed by atoms with Gasteiger partial charge < -0.3 is 0 Å². The number of hydrogen-bond donors (Lipinski definition) is 1. The Morgan fingerprint density at radius 2 is 2.36 bits per heavy atom. The molecule has 0 aromatic carbocycles. The number of nitrogens with one attached hydrogen (secondary N) is 1. The molecule has 0 atom stereocenters. The highest BCUT2D eigenvalue weighted by molar-refractivity contribution is 6.28. The fourth-order valence-electron chi connectivity index (χ4n) is 0.915. The van der Waals surface area contributed by atoms with Crippen LogP contribution in [0.1, 0.15) is 5.69 Å². The molecule has 2 aromatic heterocycles. The summed E-state index contributed by atoms with van der Waals surface area (Å²) in [5, 5.41) is 6.98. The van der Waals surface area contributed by atoms with Crippen molar-refractivity contribution in [3.8, 4) is 0 Å². The summed E-state index contributed by atoms with van der Waals surface area (Å²) in [6, 6.07) is 0. The predicted octanol–water partition coefficient (Wildman–Crippen LogP) is 1.31. The van der Waals surface area contributed by atoms with E-state index in [0.29, 0.717) is 0 Å². The van der Waals surface area contributed by atoms with E-state index >= 15 is 0 Å². The van der Waals surface area contributed by atoms with Crippen molar-refractivity contribution < 1.29 is 0 Å². The van der Waals surface area contributed by atoms with Crippen molar-refractivity contribution in [2.24, 2.45) is 0 Å². The molecular weight excluding hydrogens is 164 g/mol. The van der Waals surface area contributed by atoms with Crippen molar-refractivity contribution in [1.29, 1.82) is 0 Å². The van der Waals surface area contributed by atoms with Crippen LogP contribution in [0, 0.1) is 6.92 Å². The van der Waals surface area contributed by atoms with E-state index in [2.05, 4.69) is 20.2 Å². The molecule has 2 aromatic rings. The molecular formula is C6H5ClN4. The van der Waals surface area contributed by atoms with Crippen LogP contribution >= 0.6 is 11.6 Å². The molecule has 0 radical (unpaired) electrons. The molecule has 11 heavy (non-hydrogen) atoms. The van der Waals surface area contributed by atoms with Crippen molar-refractivity contribution in [2.45, 2.75) is 6.92 Å². The molecule has 2 rings (SSSR count). The maximum Gasteiger partial charge on any atom is 0.223 e. The highest BCUT2D eigenvalue weighted by atomic mass is 35.5. The smallest absolute Gasteiger partial charge is 0.223 e. The second-order valence-corrected chi connectivity index (χ2v) is 2.55. The van der Waals surface area contributed by atoms with E-state index in [9.17, 15) is 0 Å². The number of aryl methyl sites for hydroxylation is 1. The van der Waals surface area contributed by atoms with E-state index < -0.39 is 0 Å². The van der Waals surface area contributed by atoms with E-state index in [4.69, 9.17) is 11.6 Å². The maximum absolute atomic E-state index is 5.58. The summed E-state index contributed by atoms with van der Waals surface area (Å²) < 4.78 is 0. The zero-order valence-corrected chi connectivity index (χ0v) is 6.55. The normalized spacial score (nSPS) is 10.7. The summed E-state index contributed by atoms with van der Waals surface area (Å²) in [6.07, 6.45) is 1.62. The third-order valence-corrected chi connectivity index (χ3v) is 1.63. The van der Waals surface area contributed by atoms with Gasteiger partial charge in [-0.25, -0.2) is 9.97 Å². The monoisotopic (exact) mass is 168 g/mol. The van der Waals surface area contributed by atoms with Gasteiger partial charge in [-0.2, -0.15) is 5.10 Å². The molecule has 5 heteroatoms. The Labute approximate surface area is 67.6 Å². The minimum absolute atomic E-state index is 0.252. The average molecular weight is 169 g/mol. The SMILES string of the molecule is Cc1n[nH]c2cnc(Cl)nc12. The van der Waals surface area contributed by atoms with E-state index in [1.807, 2.05) is 6.92 Å². The molecule has 4 nitrogen and oxygen atoms in total. The van der Waals surface area contributed by atoms with Gasteiger partial charge in [-0.05, 0) is 18.5 Å². The van der Waals surface area contributed by atoms with Gasteiger partial charge in [0.15, 0.2) is 0 Å². The number of nitrogens with zero attached hydrogens (tertiary/aromatic N) is 3. The van der Waals surface area contributed by atoms with Gasteiger partial charge in [-0.3, -0.25) is 5.10 Å². The Hall–Kier alpha value is -1.16. The number of rotatable bonds is 0. The van der Waals surface area contributed by atoms with Crippen LogP contribution in [-0.4, -0.2) is 20.2 Å². The molecule has 2 heterocycles. The lowest BCUT2D eigenvalue weighted by Crippen LogP contribution is -1.81. The lowest BCUT2D eigenvalue weighted by atomic mass is 10.4. The van der Waals surface area contributed by atoms with E-state index in [0.717, 1.165) is 16.7 Å². The summed E-state index contributed by atoms with van der Waals surface area (Å²) in [5.41, 5.74) is 2.43. The van der Waals surface area contributed by atoms with Crippen LogP contribution in [0.3, 0.4) is 0 Å². The van der Waals surface area contributed by atoms with Gasteiger partial charge in [0.1, 0.15) is 11.0 Å². The summed E-state index contributed by atoms with van der Waals surface area (Å²) in [5.74, 6) is 0. The fraction of sp³-hybridized carbons (Fsp3) is 0.167. The second-order valence-electron chi connectivity index (χ2n) is 2.21. The zero-order chi connectivity index (χ0) is 7.84. The van der Waals surface area contributed by atoms with Crippen LogP contribution < -0.4 is 0 Å². The van der Waals surface area contributed by atoms with Crippen LogP contribution in [-0.2, 0) is 0 Å². The van der Waals surface area contributed by atoms with Gasteiger partial charge in [-0.15, -0.1) is 0 Å². The molecule has 0 bridgehead atoms. The highest BCUT2D eigenvalue weighted by Crippen LogP contribution is 2.12. The Balaban J connectivity index is 2.87. The molecule has 0 fully saturated rings. The molecule has 0 aliphatic heterocycles. The number of aromatic amines is 1. The van der Waals surface area contributed by atoms with Crippen LogP contribution in [0.5, 0.6) is 0 Å². The molecule has 0 aliphatic rings.